The average Bonchev–Trinajstić information content (AvgIpc) is 3.32. The van der Waals surface area contributed by atoms with Gasteiger partial charge in [-0.05, 0) is 48.0 Å². The molecule has 0 bridgehead atoms. The van der Waals surface area contributed by atoms with Crippen LogP contribution in [0.5, 0.6) is 5.75 Å². The van der Waals surface area contributed by atoms with E-state index < -0.39 is 24.0 Å². The highest BCUT2D eigenvalue weighted by atomic mass is 35.5. The lowest BCUT2D eigenvalue weighted by Gasteiger charge is -2.28. The molecule has 8 heteroatoms. The molecule has 3 aromatic carbocycles. The molecule has 0 radical (unpaired) electrons. The van der Waals surface area contributed by atoms with E-state index in [0.29, 0.717) is 16.5 Å². The molecule has 0 N–H and O–H groups in total. The lowest BCUT2D eigenvalue weighted by molar-refractivity contribution is -0.126. The highest BCUT2D eigenvalue weighted by molar-refractivity contribution is 6.42. The van der Waals surface area contributed by atoms with E-state index in [1.165, 1.54) is 6.07 Å². The van der Waals surface area contributed by atoms with Crippen molar-refractivity contribution in [1.29, 1.82) is 0 Å². The molecule has 0 saturated carbocycles. The summed E-state index contributed by atoms with van der Waals surface area (Å²) in [5.74, 6) is -0.819. The number of imide groups is 1. The Morgan fingerprint density at radius 2 is 1.56 bits per heavy atom. The summed E-state index contributed by atoms with van der Waals surface area (Å²) in [6, 6.07) is 21.0. The predicted octanol–water partition coefficient (Wildman–Crippen LogP) is 5.05. The van der Waals surface area contributed by atoms with Crippen LogP contribution < -0.4 is 14.7 Å². The first kappa shape index (κ1) is 20.8. The Morgan fingerprint density at radius 1 is 0.844 bits per heavy atom. The van der Waals surface area contributed by atoms with Gasteiger partial charge >= 0.3 is 0 Å². The fourth-order valence-electron chi connectivity index (χ4n) is 4.23. The lowest BCUT2D eigenvalue weighted by atomic mass is 9.90. The highest BCUT2D eigenvalue weighted by Gasteiger charge is 2.60. The predicted molar refractivity (Wildman–Crippen MR) is 122 cm³/mol. The van der Waals surface area contributed by atoms with Crippen LogP contribution in [0.4, 0.5) is 11.4 Å². The second-order valence-electron chi connectivity index (χ2n) is 7.54. The summed E-state index contributed by atoms with van der Waals surface area (Å²) in [5.41, 5.74) is 1.95. The van der Waals surface area contributed by atoms with Gasteiger partial charge in [0.25, 0.3) is 5.91 Å². The molecule has 3 aromatic rings. The molecule has 0 spiro atoms. The van der Waals surface area contributed by atoms with Crippen molar-refractivity contribution in [2.45, 2.75) is 12.1 Å². The summed E-state index contributed by atoms with van der Waals surface area (Å²) in [6.45, 7) is 0. The van der Waals surface area contributed by atoms with Gasteiger partial charge in [0, 0.05) is 0 Å². The second-order valence-corrected chi connectivity index (χ2v) is 8.36. The quantitative estimate of drug-likeness (QED) is 0.501. The minimum absolute atomic E-state index is 0.264. The monoisotopic (exact) mass is 468 g/mol. The number of amides is 2. The molecule has 2 aliphatic rings. The van der Waals surface area contributed by atoms with Gasteiger partial charge in [-0.15, -0.1) is 0 Å². The number of methoxy groups -OCH3 is 1. The summed E-state index contributed by atoms with van der Waals surface area (Å²) in [6.07, 6.45) is -0.954. The first-order valence-corrected chi connectivity index (χ1v) is 10.7. The first-order valence-electron chi connectivity index (χ1n) is 9.97. The summed E-state index contributed by atoms with van der Waals surface area (Å²) >= 11 is 12.1. The van der Waals surface area contributed by atoms with Crippen LogP contribution in [0.1, 0.15) is 11.6 Å². The molecule has 0 aliphatic carbocycles. The van der Waals surface area contributed by atoms with Crippen molar-refractivity contribution < 1.29 is 19.2 Å². The van der Waals surface area contributed by atoms with Gasteiger partial charge in [-0.3, -0.25) is 14.4 Å². The molecule has 2 fully saturated rings. The molecule has 0 unspecified atom stereocenters. The van der Waals surface area contributed by atoms with E-state index in [1.54, 1.807) is 24.3 Å². The number of hydroxylamine groups is 1. The summed E-state index contributed by atoms with van der Waals surface area (Å²) in [7, 11) is 1.59. The maximum absolute atomic E-state index is 13.6. The van der Waals surface area contributed by atoms with Crippen molar-refractivity contribution >= 4 is 46.4 Å². The third kappa shape index (κ3) is 3.32. The van der Waals surface area contributed by atoms with Gasteiger partial charge in [-0.2, -0.15) is 0 Å². The number of hydrogen-bond acceptors (Lipinski definition) is 5. The Morgan fingerprint density at radius 3 is 2.22 bits per heavy atom. The van der Waals surface area contributed by atoms with Gasteiger partial charge in [0.05, 0.1) is 34.6 Å². The summed E-state index contributed by atoms with van der Waals surface area (Å²) in [5, 5.41) is 2.26. The lowest BCUT2D eigenvalue weighted by Crippen LogP contribution is -2.37. The largest absolute Gasteiger partial charge is 0.497 e. The summed E-state index contributed by atoms with van der Waals surface area (Å²) < 4.78 is 5.27. The second kappa shape index (κ2) is 8.13. The molecular formula is C24H18Cl2N2O4. The Kier molecular flexibility index (Phi) is 5.29. The number of fused-ring (bicyclic) bond motifs is 1. The van der Waals surface area contributed by atoms with Crippen LogP contribution in [0.2, 0.25) is 10.0 Å². The number of benzene rings is 3. The molecule has 5 rings (SSSR count). The normalized spacial score (nSPS) is 22.4. The van der Waals surface area contributed by atoms with E-state index in [1.807, 2.05) is 54.6 Å². The number of rotatable bonds is 4. The molecular weight excluding hydrogens is 451 g/mol. The third-order valence-electron chi connectivity index (χ3n) is 5.74. The van der Waals surface area contributed by atoms with Crippen molar-refractivity contribution in [3.05, 3.63) is 88.4 Å². The van der Waals surface area contributed by atoms with Crippen molar-refractivity contribution in [3.8, 4) is 5.75 Å². The Labute approximate surface area is 194 Å². The van der Waals surface area contributed by atoms with E-state index in [4.69, 9.17) is 32.8 Å². The molecule has 2 aliphatic heterocycles. The maximum Gasteiger partial charge on any atom is 0.266 e. The highest BCUT2D eigenvalue weighted by Crippen LogP contribution is 2.48. The molecule has 6 nitrogen and oxygen atoms in total. The van der Waals surface area contributed by atoms with Crippen molar-refractivity contribution in [1.82, 2.24) is 0 Å². The number of carbonyl (C=O) groups is 2. The van der Waals surface area contributed by atoms with Crippen molar-refractivity contribution in [2.75, 3.05) is 17.1 Å². The van der Waals surface area contributed by atoms with Gasteiger partial charge in [-0.25, -0.2) is 9.96 Å². The van der Waals surface area contributed by atoms with Gasteiger partial charge in [-0.1, -0.05) is 53.5 Å². The van der Waals surface area contributed by atoms with Crippen LogP contribution in [0.3, 0.4) is 0 Å². The smallest absolute Gasteiger partial charge is 0.266 e. The molecule has 0 aromatic heterocycles. The van der Waals surface area contributed by atoms with E-state index in [2.05, 4.69) is 0 Å². The summed E-state index contributed by atoms with van der Waals surface area (Å²) in [4.78, 5) is 34.1. The minimum Gasteiger partial charge on any atom is -0.497 e. The number of ether oxygens (including phenoxy) is 1. The van der Waals surface area contributed by atoms with Crippen LogP contribution in [-0.2, 0) is 14.4 Å². The number of para-hydroxylation sites is 1. The van der Waals surface area contributed by atoms with Crippen molar-refractivity contribution in [2.24, 2.45) is 5.92 Å². The van der Waals surface area contributed by atoms with Gasteiger partial charge in [0.15, 0.2) is 6.10 Å². The van der Waals surface area contributed by atoms with Crippen LogP contribution in [0, 0.1) is 5.92 Å². The van der Waals surface area contributed by atoms with Crippen LogP contribution >= 0.6 is 23.2 Å². The molecule has 2 saturated heterocycles. The first-order chi connectivity index (χ1) is 15.5. The van der Waals surface area contributed by atoms with E-state index in [0.717, 1.165) is 16.2 Å². The van der Waals surface area contributed by atoms with E-state index in [9.17, 15) is 9.59 Å². The van der Waals surface area contributed by atoms with Crippen molar-refractivity contribution in [3.63, 3.8) is 0 Å². The van der Waals surface area contributed by atoms with Gasteiger partial charge in [0.1, 0.15) is 11.7 Å². The van der Waals surface area contributed by atoms with Gasteiger partial charge in [0.2, 0.25) is 5.91 Å². The molecule has 2 amide bonds. The number of carbonyl (C=O) groups excluding carboxylic acids is 2. The zero-order valence-electron chi connectivity index (χ0n) is 16.9. The number of hydrogen-bond donors (Lipinski definition) is 0. The Hall–Kier alpha value is -3.06. The molecule has 3 atom stereocenters. The standard InChI is InChI=1S/C24H18Cl2N2O4/c1-31-17-10-7-14(8-11-17)21-20-22(32-28(21)15-5-3-2-4-6-15)24(30)27(23(20)29)16-9-12-18(25)19(26)13-16/h2-13,20-22H,1H3/t20-,21+,22+/m0/s1. The van der Waals surface area contributed by atoms with E-state index >= 15 is 0 Å². The molecule has 162 valence electrons. The topological polar surface area (TPSA) is 59.1 Å². The zero-order valence-corrected chi connectivity index (χ0v) is 18.5. The Balaban J connectivity index is 1.57. The number of halogens is 2. The Bertz CT molecular complexity index is 1190. The molecule has 2 heterocycles. The third-order valence-corrected chi connectivity index (χ3v) is 6.48. The SMILES string of the molecule is COc1ccc([C@@H]2[C@@H]3C(=O)N(c4ccc(Cl)c(Cl)c4)C(=O)[C@@H]3ON2c2ccccc2)cc1. The zero-order chi connectivity index (χ0) is 22.4. The van der Waals surface area contributed by atoms with Crippen LogP contribution in [-0.4, -0.2) is 25.0 Å². The minimum atomic E-state index is -0.954. The fraction of sp³-hybridized carbons (Fsp3) is 0.167. The van der Waals surface area contributed by atoms with Gasteiger partial charge < -0.3 is 4.74 Å². The fourth-order valence-corrected chi connectivity index (χ4v) is 4.52. The van der Waals surface area contributed by atoms with E-state index in [-0.39, 0.29) is 10.9 Å². The van der Waals surface area contributed by atoms with Crippen LogP contribution in [0.15, 0.2) is 72.8 Å². The van der Waals surface area contributed by atoms with Crippen LogP contribution in [0.25, 0.3) is 0 Å². The number of nitrogens with zero attached hydrogens (tertiary/aromatic N) is 2. The number of anilines is 2. The molecule has 32 heavy (non-hydrogen) atoms. The maximum atomic E-state index is 13.6. The average molecular weight is 469 g/mol.